The molecule has 0 aliphatic carbocycles. The molecule has 2 aromatic carbocycles. The molecular weight excluding hydrogens is 296 g/mol. The van der Waals surface area contributed by atoms with Gasteiger partial charge >= 0.3 is 0 Å². The van der Waals surface area contributed by atoms with Crippen molar-refractivity contribution >= 4 is 0 Å². The predicted molar refractivity (Wildman–Crippen MR) is 100 cm³/mol. The van der Waals surface area contributed by atoms with Crippen molar-refractivity contribution in [2.75, 3.05) is 39.3 Å². The van der Waals surface area contributed by atoms with Crippen LogP contribution in [0.3, 0.4) is 0 Å². The number of benzene rings is 2. The molecular formula is C20H28N4. The van der Waals surface area contributed by atoms with Gasteiger partial charge in [-0.2, -0.15) is 0 Å². The second-order valence-electron chi connectivity index (χ2n) is 6.18. The van der Waals surface area contributed by atoms with Crippen LogP contribution in [0.4, 0.5) is 0 Å². The molecule has 0 saturated carbocycles. The van der Waals surface area contributed by atoms with E-state index in [1.54, 1.807) is 0 Å². The van der Waals surface area contributed by atoms with Crippen LogP contribution < -0.4 is 21.3 Å². The quantitative estimate of drug-likeness (QED) is 0.681. The highest BCUT2D eigenvalue weighted by Crippen LogP contribution is 2.28. The van der Waals surface area contributed by atoms with Crippen LogP contribution >= 0.6 is 0 Å². The van der Waals surface area contributed by atoms with Gasteiger partial charge in [0.15, 0.2) is 0 Å². The number of rotatable bonds is 2. The molecule has 1 aliphatic rings. The molecule has 1 saturated heterocycles. The molecule has 0 amide bonds. The fraction of sp³-hybridized carbons (Fsp3) is 0.400. The first kappa shape index (κ1) is 17.1. The summed E-state index contributed by atoms with van der Waals surface area (Å²) in [6.07, 6.45) is 0. The van der Waals surface area contributed by atoms with Crippen molar-refractivity contribution in [2.45, 2.75) is 12.1 Å². The Bertz CT molecular complexity index is 519. The molecule has 2 aromatic rings. The van der Waals surface area contributed by atoms with E-state index in [0.717, 1.165) is 39.3 Å². The maximum absolute atomic E-state index is 3.76. The number of hydrogen-bond donors (Lipinski definition) is 4. The third kappa shape index (κ3) is 4.89. The van der Waals surface area contributed by atoms with Gasteiger partial charge in [0.05, 0.1) is 12.1 Å². The fourth-order valence-corrected chi connectivity index (χ4v) is 3.24. The van der Waals surface area contributed by atoms with Crippen molar-refractivity contribution in [3.63, 3.8) is 0 Å². The Hall–Kier alpha value is -1.72. The van der Waals surface area contributed by atoms with Crippen LogP contribution in [0, 0.1) is 0 Å². The minimum atomic E-state index is 0.245. The monoisotopic (exact) mass is 324 g/mol. The maximum atomic E-state index is 3.76. The van der Waals surface area contributed by atoms with Crippen LogP contribution in [-0.2, 0) is 0 Å². The molecule has 0 radical (unpaired) electrons. The van der Waals surface area contributed by atoms with E-state index in [9.17, 15) is 0 Å². The molecule has 0 spiro atoms. The summed E-state index contributed by atoms with van der Waals surface area (Å²) in [6, 6.07) is 22.0. The van der Waals surface area contributed by atoms with Crippen LogP contribution in [0.5, 0.6) is 0 Å². The minimum absolute atomic E-state index is 0.245. The lowest BCUT2D eigenvalue weighted by Gasteiger charge is -2.31. The summed E-state index contributed by atoms with van der Waals surface area (Å²) in [5.74, 6) is 0. The highest BCUT2D eigenvalue weighted by molar-refractivity contribution is 5.27. The first-order valence-electron chi connectivity index (χ1n) is 8.93. The molecule has 128 valence electrons. The van der Waals surface area contributed by atoms with E-state index in [0.29, 0.717) is 0 Å². The molecule has 1 aliphatic heterocycles. The maximum Gasteiger partial charge on any atom is 0.0518 e. The van der Waals surface area contributed by atoms with Crippen LogP contribution in [0.1, 0.15) is 23.2 Å². The van der Waals surface area contributed by atoms with Gasteiger partial charge in [0.2, 0.25) is 0 Å². The van der Waals surface area contributed by atoms with Gasteiger partial charge in [-0.05, 0) is 11.1 Å². The Morgan fingerprint density at radius 1 is 0.500 bits per heavy atom. The minimum Gasteiger partial charge on any atom is -0.314 e. The molecule has 1 fully saturated rings. The lowest BCUT2D eigenvalue weighted by atomic mass is 9.93. The molecule has 0 unspecified atom stereocenters. The lowest BCUT2D eigenvalue weighted by molar-refractivity contribution is 0.376. The molecule has 2 atom stereocenters. The van der Waals surface area contributed by atoms with E-state index < -0.39 is 0 Å². The topological polar surface area (TPSA) is 48.1 Å². The van der Waals surface area contributed by atoms with Gasteiger partial charge in [-0.1, -0.05) is 60.7 Å². The second-order valence-corrected chi connectivity index (χ2v) is 6.18. The number of hydrogen-bond acceptors (Lipinski definition) is 4. The molecule has 24 heavy (non-hydrogen) atoms. The third-order valence-electron chi connectivity index (χ3n) is 4.46. The van der Waals surface area contributed by atoms with Gasteiger partial charge in [-0.25, -0.2) is 0 Å². The van der Waals surface area contributed by atoms with E-state index >= 15 is 0 Å². The van der Waals surface area contributed by atoms with E-state index in [-0.39, 0.29) is 12.1 Å². The van der Waals surface area contributed by atoms with Crippen LogP contribution in [-0.4, -0.2) is 39.3 Å². The Morgan fingerprint density at radius 2 is 0.875 bits per heavy atom. The predicted octanol–water partition coefficient (Wildman–Crippen LogP) is 1.84. The third-order valence-corrected chi connectivity index (χ3v) is 4.46. The van der Waals surface area contributed by atoms with Gasteiger partial charge in [-0.3, -0.25) is 0 Å². The first-order chi connectivity index (χ1) is 11.9. The van der Waals surface area contributed by atoms with Gasteiger partial charge in [-0.15, -0.1) is 0 Å². The molecule has 3 rings (SSSR count). The van der Waals surface area contributed by atoms with Gasteiger partial charge in [0.25, 0.3) is 0 Å². The summed E-state index contributed by atoms with van der Waals surface area (Å²) in [7, 11) is 0. The Balaban J connectivity index is 1.86. The van der Waals surface area contributed by atoms with Crippen molar-refractivity contribution in [3.05, 3.63) is 71.8 Å². The summed E-state index contributed by atoms with van der Waals surface area (Å²) in [5.41, 5.74) is 2.65. The van der Waals surface area contributed by atoms with Gasteiger partial charge < -0.3 is 21.3 Å². The zero-order valence-electron chi connectivity index (χ0n) is 14.2. The summed E-state index contributed by atoms with van der Waals surface area (Å²) in [4.78, 5) is 0. The second kappa shape index (κ2) is 9.55. The molecule has 4 heteroatoms. The average Bonchev–Trinajstić information content (AvgIpc) is 2.64. The normalized spacial score (nSPS) is 23.8. The van der Waals surface area contributed by atoms with Crippen molar-refractivity contribution in [3.8, 4) is 0 Å². The van der Waals surface area contributed by atoms with E-state index in [2.05, 4.69) is 81.9 Å². The Labute approximate surface area is 145 Å². The highest BCUT2D eigenvalue weighted by Gasteiger charge is 2.23. The average molecular weight is 324 g/mol. The zero-order chi connectivity index (χ0) is 16.5. The molecule has 0 bridgehead atoms. The summed E-state index contributed by atoms with van der Waals surface area (Å²) >= 11 is 0. The number of nitrogens with one attached hydrogen (secondary N) is 4. The van der Waals surface area contributed by atoms with Crippen molar-refractivity contribution < 1.29 is 0 Å². The summed E-state index contributed by atoms with van der Waals surface area (Å²) in [6.45, 7) is 5.88. The largest absolute Gasteiger partial charge is 0.314 e. The highest BCUT2D eigenvalue weighted by atomic mass is 15.1. The van der Waals surface area contributed by atoms with Crippen molar-refractivity contribution in [2.24, 2.45) is 0 Å². The standard InChI is InChI=1S/C20H28N4/c1-3-7-17(8-4-1)19-20(18-9-5-2-6-10-18)24-16-14-22-12-11-21-13-15-23-19/h1-10,19-24H,11-16H2/t19-,20+. The van der Waals surface area contributed by atoms with Crippen molar-refractivity contribution in [1.82, 2.24) is 21.3 Å². The summed E-state index contributed by atoms with van der Waals surface area (Å²) < 4.78 is 0. The smallest absolute Gasteiger partial charge is 0.0518 e. The first-order valence-corrected chi connectivity index (χ1v) is 8.93. The van der Waals surface area contributed by atoms with Crippen LogP contribution in [0.25, 0.3) is 0 Å². The SMILES string of the molecule is c1ccc([C@H]2NCCNCCNCCN[C@H]2c2ccccc2)cc1. The molecule has 4 N–H and O–H groups in total. The van der Waals surface area contributed by atoms with E-state index in [1.807, 2.05) is 0 Å². The van der Waals surface area contributed by atoms with Crippen LogP contribution in [0.15, 0.2) is 60.7 Å². The van der Waals surface area contributed by atoms with E-state index in [4.69, 9.17) is 0 Å². The lowest BCUT2D eigenvalue weighted by Crippen LogP contribution is -2.43. The van der Waals surface area contributed by atoms with E-state index in [1.165, 1.54) is 11.1 Å². The Morgan fingerprint density at radius 3 is 1.29 bits per heavy atom. The van der Waals surface area contributed by atoms with Gasteiger partial charge in [0.1, 0.15) is 0 Å². The zero-order valence-corrected chi connectivity index (χ0v) is 14.2. The summed E-state index contributed by atoms with van der Waals surface area (Å²) in [5, 5.41) is 14.5. The fourth-order valence-electron chi connectivity index (χ4n) is 3.24. The molecule has 4 nitrogen and oxygen atoms in total. The van der Waals surface area contributed by atoms with Crippen molar-refractivity contribution in [1.29, 1.82) is 0 Å². The molecule has 0 aromatic heterocycles. The van der Waals surface area contributed by atoms with Crippen LogP contribution in [0.2, 0.25) is 0 Å². The van der Waals surface area contributed by atoms with Gasteiger partial charge in [0, 0.05) is 39.3 Å². The molecule has 1 heterocycles. The Kier molecular flexibility index (Phi) is 6.81.